The van der Waals surface area contributed by atoms with Crippen LogP contribution in [0.1, 0.15) is 30.5 Å². The molecule has 0 saturated carbocycles. The molecule has 0 radical (unpaired) electrons. The number of amides is 1. The molecule has 0 aliphatic carbocycles. The number of methoxy groups -OCH3 is 1. The van der Waals surface area contributed by atoms with Gasteiger partial charge in [-0.2, -0.15) is 0 Å². The monoisotopic (exact) mass is 438 g/mol. The van der Waals surface area contributed by atoms with Gasteiger partial charge in [-0.15, -0.1) is 0 Å². The lowest BCUT2D eigenvalue weighted by molar-refractivity contribution is -0.139. The van der Waals surface area contributed by atoms with Gasteiger partial charge in [0.1, 0.15) is 17.3 Å². The first kappa shape index (κ1) is 23.3. The summed E-state index contributed by atoms with van der Waals surface area (Å²) in [7, 11) is 5.48. The summed E-state index contributed by atoms with van der Waals surface area (Å²) in [5.74, 6) is -0.135. The van der Waals surface area contributed by atoms with Gasteiger partial charge >= 0.3 is 0 Å². The van der Waals surface area contributed by atoms with Crippen LogP contribution in [0.5, 0.6) is 11.5 Å². The summed E-state index contributed by atoms with van der Waals surface area (Å²) in [4.78, 5) is 29.6. The molecule has 1 saturated heterocycles. The fraction of sp³-hybridized carbons (Fsp3) is 0.360. The minimum atomic E-state index is -0.679. The largest absolute Gasteiger partial charge is 0.507 e. The van der Waals surface area contributed by atoms with Crippen LogP contribution in [0.3, 0.4) is 0 Å². The fourth-order valence-corrected chi connectivity index (χ4v) is 3.83. The van der Waals surface area contributed by atoms with E-state index in [1.54, 1.807) is 36.3 Å². The molecule has 1 atom stereocenters. The quantitative estimate of drug-likeness (QED) is 0.367. The van der Waals surface area contributed by atoms with Crippen LogP contribution in [-0.4, -0.2) is 67.5 Å². The molecule has 1 unspecified atom stereocenters. The zero-order valence-corrected chi connectivity index (χ0v) is 19.0. The first-order valence-electron chi connectivity index (χ1n) is 10.7. The molecular weight excluding hydrogens is 408 g/mol. The second-order valence-electron chi connectivity index (χ2n) is 7.88. The molecule has 0 spiro atoms. The molecule has 1 aliphatic heterocycles. The second kappa shape index (κ2) is 10.3. The summed E-state index contributed by atoms with van der Waals surface area (Å²) in [5.41, 5.74) is 1.29. The number of ketones is 1. The fourth-order valence-electron chi connectivity index (χ4n) is 3.83. The van der Waals surface area contributed by atoms with Gasteiger partial charge in [-0.3, -0.25) is 9.59 Å². The summed E-state index contributed by atoms with van der Waals surface area (Å²) in [5, 5.41) is 11.1. The van der Waals surface area contributed by atoms with Gasteiger partial charge in [0.25, 0.3) is 11.7 Å². The molecule has 2 aromatic carbocycles. The average molecular weight is 439 g/mol. The van der Waals surface area contributed by atoms with Crippen molar-refractivity contribution in [3.63, 3.8) is 0 Å². The van der Waals surface area contributed by atoms with Crippen LogP contribution in [0.2, 0.25) is 0 Å². The Morgan fingerprint density at radius 3 is 2.22 bits per heavy atom. The Morgan fingerprint density at radius 1 is 1.03 bits per heavy atom. The van der Waals surface area contributed by atoms with E-state index in [2.05, 4.69) is 0 Å². The van der Waals surface area contributed by atoms with Crippen molar-refractivity contribution in [2.45, 2.75) is 19.4 Å². The zero-order valence-electron chi connectivity index (χ0n) is 19.0. The lowest BCUT2D eigenvalue weighted by atomic mass is 9.95. The molecular formula is C25H30N2O5. The third-order valence-corrected chi connectivity index (χ3v) is 5.41. The number of aliphatic hydroxyl groups excluding tert-OH is 1. The normalized spacial score (nSPS) is 17.8. The number of nitrogens with zero attached hydrogens (tertiary/aromatic N) is 2. The predicted molar refractivity (Wildman–Crippen MR) is 123 cm³/mol. The summed E-state index contributed by atoms with van der Waals surface area (Å²) < 4.78 is 10.7. The highest BCUT2D eigenvalue weighted by Crippen LogP contribution is 2.40. The summed E-state index contributed by atoms with van der Waals surface area (Å²) in [6.07, 6.45) is 0.704. The highest BCUT2D eigenvalue weighted by molar-refractivity contribution is 6.46. The summed E-state index contributed by atoms with van der Waals surface area (Å²) in [6.45, 7) is 3.62. The lowest BCUT2D eigenvalue weighted by Crippen LogP contribution is -2.32. The van der Waals surface area contributed by atoms with Crippen molar-refractivity contribution in [2.75, 3.05) is 40.9 Å². The number of rotatable bonds is 9. The topological polar surface area (TPSA) is 79.3 Å². The molecule has 1 fully saturated rings. The van der Waals surface area contributed by atoms with Gasteiger partial charge in [0.15, 0.2) is 0 Å². The van der Waals surface area contributed by atoms with Crippen molar-refractivity contribution in [3.8, 4) is 11.5 Å². The highest BCUT2D eigenvalue weighted by atomic mass is 16.5. The van der Waals surface area contributed by atoms with Crippen LogP contribution in [0.4, 0.5) is 0 Å². The maximum absolute atomic E-state index is 13.0. The summed E-state index contributed by atoms with van der Waals surface area (Å²) in [6, 6.07) is 13.4. The Balaban J connectivity index is 2.05. The van der Waals surface area contributed by atoms with Crippen LogP contribution in [-0.2, 0) is 9.59 Å². The van der Waals surface area contributed by atoms with Crippen LogP contribution >= 0.6 is 0 Å². The minimum Gasteiger partial charge on any atom is -0.507 e. The van der Waals surface area contributed by atoms with E-state index in [1.165, 1.54) is 0 Å². The smallest absolute Gasteiger partial charge is 0.295 e. The van der Waals surface area contributed by atoms with E-state index in [1.807, 2.05) is 50.2 Å². The van der Waals surface area contributed by atoms with Crippen molar-refractivity contribution in [2.24, 2.45) is 0 Å². The van der Waals surface area contributed by atoms with Gasteiger partial charge in [-0.05, 0) is 75.9 Å². The number of carbonyl (C=O) groups is 2. The first-order valence-corrected chi connectivity index (χ1v) is 10.7. The van der Waals surface area contributed by atoms with Crippen molar-refractivity contribution in [1.82, 2.24) is 9.80 Å². The van der Waals surface area contributed by atoms with Crippen LogP contribution in [0.15, 0.2) is 54.1 Å². The molecule has 0 aromatic heterocycles. The molecule has 32 heavy (non-hydrogen) atoms. The molecule has 7 nitrogen and oxygen atoms in total. The maximum Gasteiger partial charge on any atom is 0.295 e. The number of ether oxygens (including phenoxy) is 2. The molecule has 7 heteroatoms. The van der Waals surface area contributed by atoms with Crippen LogP contribution in [0, 0.1) is 0 Å². The number of hydrogen-bond acceptors (Lipinski definition) is 6. The first-order chi connectivity index (χ1) is 15.4. The standard InChI is InChI=1S/C25H30N2O5/c1-5-32-20-13-7-17(8-14-20)22-21(23(28)18-9-11-19(31-4)12-10-18)24(29)25(30)27(22)16-6-15-26(2)3/h7-14,22,28H,5-6,15-16H2,1-4H3/b23-21-. The van der Waals surface area contributed by atoms with Crippen molar-refractivity contribution < 1.29 is 24.2 Å². The molecule has 170 valence electrons. The van der Waals surface area contributed by atoms with Crippen molar-refractivity contribution in [1.29, 1.82) is 0 Å². The van der Waals surface area contributed by atoms with Gasteiger partial charge < -0.3 is 24.4 Å². The molecule has 1 aliphatic rings. The second-order valence-corrected chi connectivity index (χ2v) is 7.88. The zero-order chi connectivity index (χ0) is 23.3. The molecule has 1 amide bonds. The van der Waals surface area contributed by atoms with Crippen molar-refractivity contribution >= 4 is 17.4 Å². The van der Waals surface area contributed by atoms with Gasteiger partial charge in [-0.25, -0.2) is 0 Å². The van der Waals surface area contributed by atoms with E-state index in [9.17, 15) is 14.7 Å². The van der Waals surface area contributed by atoms with Gasteiger partial charge in [0.2, 0.25) is 0 Å². The molecule has 1 N–H and O–H groups in total. The number of likely N-dealkylation sites (tertiary alicyclic amines) is 1. The third-order valence-electron chi connectivity index (χ3n) is 5.41. The van der Waals surface area contributed by atoms with E-state index < -0.39 is 17.7 Å². The Morgan fingerprint density at radius 2 is 1.66 bits per heavy atom. The maximum atomic E-state index is 13.0. The number of Topliss-reactive ketones (excluding diaryl/α,β-unsaturated/α-hetero) is 1. The van der Waals surface area contributed by atoms with E-state index in [0.29, 0.717) is 36.6 Å². The van der Waals surface area contributed by atoms with E-state index in [-0.39, 0.29) is 11.3 Å². The van der Waals surface area contributed by atoms with Crippen molar-refractivity contribution in [3.05, 3.63) is 65.2 Å². The average Bonchev–Trinajstić information content (AvgIpc) is 3.04. The van der Waals surface area contributed by atoms with Gasteiger partial charge in [0.05, 0.1) is 25.3 Å². The molecule has 1 heterocycles. The number of hydrogen-bond donors (Lipinski definition) is 1. The molecule has 2 aromatic rings. The Bertz CT molecular complexity index is 980. The number of aliphatic hydroxyl groups is 1. The molecule has 0 bridgehead atoms. The Hall–Kier alpha value is -3.32. The Labute approximate surface area is 188 Å². The van der Waals surface area contributed by atoms with Gasteiger partial charge in [0, 0.05) is 12.1 Å². The van der Waals surface area contributed by atoms with E-state index in [4.69, 9.17) is 9.47 Å². The summed E-state index contributed by atoms with van der Waals surface area (Å²) >= 11 is 0. The van der Waals surface area contributed by atoms with Crippen LogP contribution in [0.25, 0.3) is 5.76 Å². The number of benzene rings is 2. The van der Waals surface area contributed by atoms with E-state index >= 15 is 0 Å². The number of carbonyl (C=O) groups excluding carboxylic acids is 2. The van der Waals surface area contributed by atoms with E-state index in [0.717, 1.165) is 12.1 Å². The minimum absolute atomic E-state index is 0.0918. The molecule has 3 rings (SSSR count). The third kappa shape index (κ3) is 4.94. The lowest BCUT2D eigenvalue weighted by Gasteiger charge is -2.26. The predicted octanol–water partition coefficient (Wildman–Crippen LogP) is 3.47. The SMILES string of the molecule is CCOc1ccc(C2/C(=C(/O)c3ccc(OC)cc3)C(=O)C(=O)N2CCCN(C)C)cc1. The van der Waals surface area contributed by atoms with Crippen LogP contribution < -0.4 is 9.47 Å². The van der Waals surface area contributed by atoms with Gasteiger partial charge in [-0.1, -0.05) is 12.1 Å². The highest BCUT2D eigenvalue weighted by Gasteiger charge is 2.45. The Kier molecular flexibility index (Phi) is 7.53.